The topological polar surface area (TPSA) is 187 Å². The minimum Gasteiger partial charge on any atom is -0.489 e. The molecule has 250 valence electrons. The molecule has 0 aliphatic heterocycles. The summed E-state index contributed by atoms with van der Waals surface area (Å²) in [5.74, 6) is -0.557. The minimum atomic E-state index is -1.89. The standard InChI is InChI=1S/C31H40N4O11/c1-29(2,3)44-25(36)32-24(34(26(37)38)28(40)46-31(7,8)9)33(27(39)45-30(4,5)6)18-20-13-15-23(16-14-20)43-19-21-11-10-12-22(17-21)35(41)42/h10-17H,18-19H2,1-9H3,(H,37,38)/b32-24-. The molecule has 2 aromatic rings. The van der Waals surface area contributed by atoms with E-state index in [1.54, 1.807) is 77.9 Å². The van der Waals surface area contributed by atoms with Crippen LogP contribution >= 0.6 is 0 Å². The van der Waals surface area contributed by atoms with Crippen LogP contribution in [0.15, 0.2) is 53.5 Å². The molecule has 15 heteroatoms. The van der Waals surface area contributed by atoms with E-state index >= 15 is 0 Å². The van der Waals surface area contributed by atoms with Crippen molar-refractivity contribution in [3.63, 3.8) is 0 Å². The molecule has 0 unspecified atom stereocenters. The Morgan fingerprint density at radius 1 is 0.804 bits per heavy atom. The largest absolute Gasteiger partial charge is 0.489 e. The summed E-state index contributed by atoms with van der Waals surface area (Å²) in [5.41, 5.74) is -2.41. The smallest absolute Gasteiger partial charge is 0.437 e. The number of amides is 4. The van der Waals surface area contributed by atoms with E-state index in [1.807, 2.05) is 0 Å². The summed E-state index contributed by atoms with van der Waals surface area (Å²) < 4.78 is 21.7. The maximum Gasteiger partial charge on any atom is 0.437 e. The number of non-ortho nitro benzene ring substituents is 1. The van der Waals surface area contributed by atoms with Crippen LogP contribution < -0.4 is 4.74 Å². The van der Waals surface area contributed by atoms with Gasteiger partial charge in [0.15, 0.2) is 0 Å². The van der Waals surface area contributed by atoms with Crippen molar-refractivity contribution in [2.45, 2.75) is 92.3 Å². The van der Waals surface area contributed by atoms with Crippen molar-refractivity contribution in [2.75, 3.05) is 0 Å². The van der Waals surface area contributed by atoms with E-state index in [0.717, 1.165) is 0 Å². The third kappa shape index (κ3) is 12.4. The SMILES string of the molecule is CC(C)(C)OC(=O)/N=C(/N(Cc1ccc(OCc2cccc([N+](=O)[O-])c2)cc1)C(=O)OC(C)(C)C)N(C(=O)O)C(=O)OC(C)(C)C. The van der Waals surface area contributed by atoms with E-state index in [-0.39, 0.29) is 17.2 Å². The Kier molecular flexibility index (Phi) is 11.8. The fraction of sp³-hybridized carbons (Fsp3) is 0.452. The lowest BCUT2D eigenvalue weighted by atomic mass is 10.2. The molecule has 0 heterocycles. The van der Waals surface area contributed by atoms with Crippen LogP contribution in [0, 0.1) is 10.1 Å². The molecule has 0 aliphatic carbocycles. The summed E-state index contributed by atoms with van der Waals surface area (Å²) in [7, 11) is 0. The molecule has 0 bridgehead atoms. The Labute approximate surface area is 266 Å². The second-order valence-corrected chi connectivity index (χ2v) is 12.9. The lowest BCUT2D eigenvalue weighted by molar-refractivity contribution is -0.384. The maximum atomic E-state index is 13.5. The van der Waals surface area contributed by atoms with Crippen LogP contribution in [0.2, 0.25) is 0 Å². The molecular formula is C31H40N4O11. The number of hydrogen-bond donors (Lipinski definition) is 1. The molecule has 2 rings (SSSR count). The number of carboxylic acid groups (broad SMARTS) is 1. The van der Waals surface area contributed by atoms with Crippen LogP contribution in [-0.4, -0.2) is 67.0 Å². The minimum absolute atomic E-state index is 0.0234. The molecule has 15 nitrogen and oxygen atoms in total. The lowest BCUT2D eigenvalue weighted by Crippen LogP contribution is -2.54. The van der Waals surface area contributed by atoms with Crippen LogP contribution in [0.25, 0.3) is 0 Å². The number of guanidine groups is 1. The number of nitro groups is 1. The van der Waals surface area contributed by atoms with Crippen LogP contribution in [0.3, 0.4) is 0 Å². The van der Waals surface area contributed by atoms with Crippen molar-refractivity contribution in [1.82, 2.24) is 9.80 Å². The van der Waals surface area contributed by atoms with Gasteiger partial charge in [-0.3, -0.25) is 10.1 Å². The molecule has 0 aliphatic rings. The highest BCUT2D eigenvalue weighted by molar-refractivity contribution is 6.13. The van der Waals surface area contributed by atoms with Gasteiger partial charge in [0.05, 0.1) is 11.5 Å². The van der Waals surface area contributed by atoms with Gasteiger partial charge in [-0.2, -0.15) is 0 Å². The van der Waals surface area contributed by atoms with E-state index < -0.39 is 58.6 Å². The second kappa shape index (κ2) is 14.7. The van der Waals surface area contributed by atoms with Crippen molar-refractivity contribution >= 4 is 36.0 Å². The Bertz CT molecular complexity index is 1470. The van der Waals surface area contributed by atoms with Gasteiger partial charge < -0.3 is 24.1 Å². The number of hydrogen-bond acceptors (Lipinski definition) is 10. The van der Waals surface area contributed by atoms with E-state index in [0.29, 0.717) is 21.8 Å². The second-order valence-electron chi connectivity index (χ2n) is 12.9. The van der Waals surface area contributed by atoms with Crippen molar-refractivity contribution in [1.29, 1.82) is 0 Å². The Hall–Kier alpha value is -5.21. The average molecular weight is 645 g/mol. The Morgan fingerprint density at radius 3 is 1.85 bits per heavy atom. The molecule has 0 aromatic heterocycles. The van der Waals surface area contributed by atoms with Crippen molar-refractivity contribution in [2.24, 2.45) is 4.99 Å². The molecule has 0 spiro atoms. The van der Waals surface area contributed by atoms with Gasteiger partial charge in [-0.25, -0.2) is 24.1 Å². The van der Waals surface area contributed by atoms with E-state index in [1.165, 1.54) is 32.9 Å². The number of nitro benzene ring substituents is 1. The number of benzene rings is 2. The zero-order valence-corrected chi connectivity index (χ0v) is 27.4. The van der Waals surface area contributed by atoms with E-state index in [4.69, 9.17) is 18.9 Å². The first-order valence-electron chi connectivity index (χ1n) is 14.1. The summed E-state index contributed by atoms with van der Waals surface area (Å²) in [6.07, 6.45) is -5.73. The van der Waals surface area contributed by atoms with Crippen molar-refractivity contribution < 1.29 is 48.2 Å². The maximum absolute atomic E-state index is 13.5. The van der Waals surface area contributed by atoms with Gasteiger partial charge in [-0.15, -0.1) is 9.89 Å². The highest BCUT2D eigenvalue weighted by Gasteiger charge is 2.39. The number of carbonyl (C=O) groups excluding carboxylic acids is 3. The number of rotatable bonds is 6. The van der Waals surface area contributed by atoms with E-state index in [2.05, 4.69) is 4.99 Å². The predicted octanol–water partition coefficient (Wildman–Crippen LogP) is 7.12. The van der Waals surface area contributed by atoms with Gasteiger partial charge in [0, 0.05) is 12.1 Å². The van der Waals surface area contributed by atoms with Crippen LogP contribution in [0.4, 0.5) is 24.9 Å². The average Bonchev–Trinajstić information content (AvgIpc) is 2.87. The fourth-order valence-electron chi connectivity index (χ4n) is 3.48. The number of carbonyl (C=O) groups is 4. The van der Waals surface area contributed by atoms with Gasteiger partial charge >= 0.3 is 24.4 Å². The third-order valence-corrected chi connectivity index (χ3v) is 5.20. The zero-order chi connectivity index (χ0) is 35.0. The molecule has 0 radical (unpaired) electrons. The summed E-state index contributed by atoms with van der Waals surface area (Å²) in [6.45, 7) is 13.5. The Morgan fingerprint density at radius 2 is 1.35 bits per heavy atom. The molecule has 2 aromatic carbocycles. The van der Waals surface area contributed by atoms with Crippen LogP contribution in [0.5, 0.6) is 5.75 Å². The van der Waals surface area contributed by atoms with Crippen LogP contribution in [-0.2, 0) is 27.4 Å². The van der Waals surface area contributed by atoms with Gasteiger partial charge in [0.1, 0.15) is 29.2 Å². The third-order valence-electron chi connectivity index (χ3n) is 5.20. The summed E-state index contributed by atoms with van der Waals surface area (Å²) >= 11 is 0. The monoisotopic (exact) mass is 644 g/mol. The summed E-state index contributed by atoms with van der Waals surface area (Å²) in [6, 6.07) is 12.2. The van der Waals surface area contributed by atoms with Gasteiger partial charge in [0.2, 0.25) is 5.96 Å². The first-order chi connectivity index (χ1) is 21.0. The lowest BCUT2D eigenvalue weighted by Gasteiger charge is -2.32. The van der Waals surface area contributed by atoms with Crippen molar-refractivity contribution in [3.05, 3.63) is 69.8 Å². The number of ether oxygens (including phenoxy) is 4. The molecule has 0 saturated heterocycles. The quantitative estimate of drug-likeness (QED) is 0.111. The molecule has 0 atom stereocenters. The number of aliphatic imine (C=N–C) groups is 1. The predicted molar refractivity (Wildman–Crippen MR) is 165 cm³/mol. The molecule has 0 saturated carbocycles. The summed E-state index contributed by atoms with van der Waals surface area (Å²) in [5, 5.41) is 21.1. The normalized spacial score (nSPS) is 12.1. The van der Waals surface area contributed by atoms with Gasteiger partial charge in [0.25, 0.3) is 5.69 Å². The molecule has 4 amide bonds. The summed E-state index contributed by atoms with van der Waals surface area (Å²) in [4.78, 5) is 67.0. The highest BCUT2D eigenvalue weighted by Crippen LogP contribution is 2.22. The number of imide groups is 1. The molecule has 0 fully saturated rings. The highest BCUT2D eigenvalue weighted by atomic mass is 16.6. The first-order valence-corrected chi connectivity index (χ1v) is 14.1. The first kappa shape index (κ1) is 37.0. The molecule has 46 heavy (non-hydrogen) atoms. The van der Waals surface area contributed by atoms with Crippen molar-refractivity contribution in [3.8, 4) is 5.75 Å². The zero-order valence-electron chi connectivity index (χ0n) is 27.4. The number of nitrogens with zero attached hydrogens (tertiary/aromatic N) is 4. The van der Waals surface area contributed by atoms with Gasteiger partial charge in [-0.1, -0.05) is 24.3 Å². The Balaban J connectivity index is 2.54. The van der Waals surface area contributed by atoms with Gasteiger partial charge in [-0.05, 0) is 85.6 Å². The van der Waals surface area contributed by atoms with Crippen LogP contribution in [0.1, 0.15) is 73.4 Å². The molecular weight excluding hydrogens is 604 g/mol. The fourth-order valence-corrected chi connectivity index (χ4v) is 3.48. The van der Waals surface area contributed by atoms with E-state index in [9.17, 15) is 34.4 Å². The molecule has 1 N–H and O–H groups in total.